The highest BCUT2D eigenvalue weighted by Gasteiger charge is 2.07. The van der Waals surface area contributed by atoms with Gasteiger partial charge in [-0.3, -0.25) is 20.4 Å². The first kappa shape index (κ1) is 16.9. The Bertz CT molecular complexity index is 520. The summed E-state index contributed by atoms with van der Waals surface area (Å²) in [5, 5.41) is 3.17. The maximum absolute atomic E-state index is 11.9. The highest BCUT2D eigenvalue weighted by atomic mass is 32.1. The Morgan fingerprint density at radius 3 is 2.62 bits per heavy atom. The number of esters is 1. The van der Waals surface area contributed by atoms with Crippen LogP contribution in [0.2, 0.25) is 0 Å². The number of aryl methyl sites for hydroxylation is 1. The Hall–Kier alpha value is -2.15. The monoisotopic (exact) mass is 309 g/mol. The van der Waals surface area contributed by atoms with Crippen molar-refractivity contribution in [2.75, 3.05) is 13.7 Å². The predicted octanol–water partition coefficient (Wildman–Crippen LogP) is 1.06. The number of carbonyl (C=O) groups is 2. The van der Waals surface area contributed by atoms with Crippen LogP contribution in [0, 0.1) is 6.92 Å². The van der Waals surface area contributed by atoms with Crippen molar-refractivity contribution in [3.63, 3.8) is 0 Å². The normalized spacial score (nSPS) is 9.62. The molecule has 114 valence electrons. The zero-order valence-electron chi connectivity index (χ0n) is 12.1. The molecule has 0 saturated carbocycles. The zero-order chi connectivity index (χ0) is 15.7. The van der Waals surface area contributed by atoms with Gasteiger partial charge in [0.15, 0.2) is 5.11 Å². The van der Waals surface area contributed by atoms with Crippen molar-refractivity contribution in [1.82, 2.24) is 16.2 Å². The first-order valence-corrected chi connectivity index (χ1v) is 6.92. The van der Waals surface area contributed by atoms with Crippen molar-refractivity contribution in [2.45, 2.75) is 19.8 Å². The van der Waals surface area contributed by atoms with Gasteiger partial charge >= 0.3 is 5.97 Å². The Balaban J connectivity index is 2.26. The van der Waals surface area contributed by atoms with Crippen LogP contribution in [-0.4, -0.2) is 30.6 Å². The first-order valence-electron chi connectivity index (χ1n) is 6.51. The number of nitrogens with one attached hydrogen (secondary N) is 3. The summed E-state index contributed by atoms with van der Waals surface area (Å²) in [4.78, 5) is 22.8. The molecular weight excluding hydrogens is 290 g/mol. The van der Waals surface area contributed by atoms with Gasteiger partial charge in [-0.05, 0) is 37.2 Å². The number of hydrogen-bond donors (Lipinski definition) is 3. The van der Waals surface area contributed by atoms with Gasteiger partial charge in [-0.1, -0.05) is 18.2 Å². The van der Waals surface area contributed by atoms with Gasteiger partial charge in [0.1, 0.15) is 0 Å². The van der Waals surface area contributed by atoms with Gasteiger partial charge in [-0.15, -0.1) is 0 Å². The first-order chi connectivity index (χ1) is 10.0. The van der Waals surface area contributed by atoms with Gasteiger partial charge < -0.3 is 10.1 Å². The lowest BCUT2D eigenvalue weighted by Gasteiger charge is -2.12. The molecule has 0 fully saturated rings. The molecule has 1 aromatic rings. The van der Waals surface area contributed by atoms with Gasteiger partial charge in [0, 0.05) is 18.5 Å². The van der Waals surface area contributed by atoms with Crippen molar-refractivity contribution in [3.8, 4) is 0 Å². The predicted molar refractivity (Wildman–Crippen MR) is 83.6 cm³/mol. The molecule has 0 spiro atoms. The summed E-state index contributed by atoms with van der Waals surface area (Å²) in [5.74, 6) is -0.518. The zero-order valence-corrected chi connectivity index (χ0v) is 12.9. The summed E-state index contributed by atoms with van der Waals surface area (Å²) in [7, 11) is 1.35. The maximum atomic E-state index is 11.9. The molecule has 1 aromatic carbocycles. The average molecular weight is 309 g/mol. The molecule has 0 aromatic heterocycles. The van der Waals surface area contributed by atoms with Crippen LogP contribution in [0.3, 0.4) is 0 Å². The van der Waals surface area contributed by atoms with Crippen LogP contribution >= 0.6 is 12.2 Å². The minimum absolute atomic E-state index is 0.258. The van der Waals surface area contributed by atoms with E-state index in [1.807, 2.05) is 19.1 Å². The molecule has 0 aliphatic carbocycles. The number of methoxy groups -OCH3 is 1. The van der Waals surface area contributed by atoms with Crippen molar-refractivity contribution >= 4 is 29.2 Å². The van der Waals surface area contributed by atoms with Gasteiger partial charge in [-0.25, -0.2) is 0 Å². The van der Waals surface area contributed by atoms with Crippen LogP contribution in [0.4, 0.5) is 0 Å². The third-order valence-corrected chi connectivity index (χ3v) is 3.00. The highest BCUT2D eigenvalue weighted by molar-refractivity contribution is 7.80. The van der Waals surface area contributed by atoms with Crippen LogP contribution in [0.25, 0.3) is 0 Å². The van der Waals surface area contributed by atoms with E-state index in [-0.39, 0.29) is 11.9 Å². The van der Waals surface area contributed by atoms with Crippen molar-refractivity contribution < 1.29 is 14.3 Å². The van der Waals surface area contributed by atoms with Gasteiger partial charge in [0.2, 0.25) is 0 Å². The number of rotatable bonds is 5. The largest absolute Gasteiger partial charge is 0.469 e. The second-order valence-electron chi connectivity index (χ2n) is 4.33. The minimum Gasteiger partial charge on any atom is -0.469 e. The number of thiocarbonyl (C=S) groups is 1. The van der Waals surface area contributed by atoms with E-state index >= 15 is 0 Å². The summed E-state index contributed by atoms with van der Waals surface area (Å²) in [6.07, 6.45) is 0.919. The van der Waals surface area contributed by atoms with E-state index in [1.165, 1.54) is 7.11 Å². The average Bonchev–Trinajstić information content (AvgIpc) is 2.49. The Morgan fingerprint density at radius 1 is 1.24 bits per heavy atom. The SMILES string of the molecule is COC(=O)CCCNC(=S)NNC(=O)c1ccccc1C. The van der Waals surface area contributed by atoms with Crippen LogP contribution < -0.4 is 16.2 Å². The standard InChI is InChI=1S/C14H19N3O3S/c1-10-6-3-4-7-11(10)13(19)16-17-14(21)15-9-5-8-12(18)20-2/h3-4,6-7H,5,8-9H2,1-2H3,(H,16,19)(H2,15,17,21). The van der Waals surface area contributed by atoms with E-state index in [4.69, 9.17) is 12.2 Å². The lowest BCUT2D eigenvalue weighted by atomic mass is 10.1. The maximum Gasteiger partial charge on any atom is 0.305 e. The fourth-order valence-corrected chi connectivity index (χ4v) is 1.74. The molecule has 6 nitrogen and oxygen atoms in total. The minimum atomic E-state index is -0.261. The molecule has 0 saturated heterocycles. The number of benzene rings is 1. The van der Waals surface area contributed by atoms with E-state index in [0.717, 1.165) is 5.56 Å². The van der Waals surface area contributed by atoms with E-state index < -0.39 is 0 Å². The molecule has 21 heavy (non-hydrogen) atoms. The molecule has 1 rings (SSSR count). The smallest absolute Gasteiger partial charge is 0.305 e. The van der Waals surface area contributed by atoms with E-state index in [2.05, 4.69) is 20.9 Å². The van der Waals surface area contributed by atoms with E-state index in [9.17, 15) is 9.59 Å². The second-order valence-corrected chi connectivity index (χ2v) is 4.74. The fraction of sp³-hybridized carbons (Fsp3) is 0.357. The third-order valence-electron chi connectivity index (χ3n) is 2.75. The van der Waals surface area contributed by atoms with E-state index in [1.54, 1.807) is 12.1 Å². The quantitative estimate of drug-likeness (QED) is 0.327. The lowest BCUT2D eigenvalue weighted by molar-refractivity contribution is -0.140. The molecule has 0 radical (unpaired) electrons. The Morgan fingerprint density at radius 2 is 1.95 bits per heavy atom. The molecule has 1 amide bonds. The number of hydrazine groups is 1. The fourth-order valence-electron chi connectivity index (χ4n) is 1.59. The molecule has 0 aliphatic rings. The summed E-state index contributed by atoms with van der Waals surface area (Å²) in [6.45, 7) is 2.37. The summed E-state index contributed by atoms with van der Waals surface area (Å²) in [5.41, 5.74) is 6.60. The van der Waals surface area contributed by atoms with Gasteiger partial charge in [0.05, 0.1) is 7.11 Å². The molecule has 0 unspecified atom stereocenters. The van der Waals surface area contributed by atoms with Crippen LogP contribution in [-0.2, 0) is 9.53 Å². The molecular formula is C14H19N3O3S. The molecule has 0 aliphatic heterocycles. The van der Waals surface area contributed by atoms with Crippen molar-refractivity contribution in [3.05, 3.63) is 35.4 Å². The Kier molecular flexibility index (Phi) is 7.17. The van der Waals surface area contributed by atoms with Crippen LogP contribution in [0.15, 0.2) is 24.3 Å². The van der Waals surface area contributed by atoms with Crippen molar-refractivity contribution in [1.29, 1.82) is 0 Å². The number of amides is 1. The lowest BCUT2D eigenvalue weighted by Crippen LogP contribution is -2.47. The molecule has 0 heterocycles. The van der Waals surface area contributed by atoms with Crippen LogP contribution in [0.5, 0.6) is 0 Å². The molecule has 3 N–H and O–H groups in total. The highest BCUT2D eigenvalue weighted by Crippen LogP contribution is 2.05. The van der Waals surface area contributed by atoms with E-state index in [0.29, 0.717) is 30.1 Å². The van der Waals surface area contributed by atoms with Crippen molar-refractivity contribution in [2.24, 2.45) is 0 Å². The Labute approximate surface area is 129 Å². The van der Waals surface area contributed by atoms with Gasteiger partial charge in [0.25, 0.3) is 5.91 Å². The number of ether oxygens (including phenoxy) is 1. The summed E-state index contributed by atoms with van der Waals surface area (Å²) < 4.78 is 4.52. The topological polar surface area (TPSA) is 79.5 Å². The molecule has 7 heteroatoms. The molecule has 0 atom stereocenters. The summed E-state index contributed by atoms with van der Waals surface area (Å²) >= 11 is 5.01. The second kappa shape index (κ2) is 8.91. The van der Waals surface area contributed by atoms with Crippen LogP contribution in [0.1, 0.15) is 28.8 Å². The number of carbonyl (C=O) groups excluding carboxylic acids is 2. The van der Waals surface area contributed by atoms with Gasteiger partial charge in [-0.2, -0.15) is 0 Å². The third kappa shape index (κ3) is 6.22. The number of hydrogen-bond acceptors (Lipinski definition) is 4. The summed E-state index contributed by atoms with van der Waals surface area (Å²) in [6, 6.07) is 7.26. The molecule has 0 bridgehead atoms.